The number of amides is 1. The van der Waals surface area contributed by atoms with Gasteiger partial charge in [0.25, 0.3) is 5.91 Å². The van der Waals surface area contributed by atoms with Crippen LogP contribution >= 0.6 is 0 Å². The zero-order chi connectivity index (χ0) is 20.5. The third-order valence-corrected chi connectivity index (χ3v) is 4.17. The van der Waals surface area contributed by atoms with E-state index in [9.17, 15) is 14.7 Å². The number of para-hydroxylation sites is 1. The van der Waals surface area contributed by atoms with Gasteiger partial charge >= 0.3 is 5.97 Å². The Morgan fingerprint density at radius 3 is 2.21 bits per heavy atom. The Bertz CT molecular complexity index is 988. The number of benzene rings is 3. The Morgan fingerprint density at radius 1 is 0.897 bits per heavy atom. The molecule has 0 atom stereocenters. The second-order valence-corrected chi connectivity index (χ2v) is 6.21. The van der Waals surface area contributed by atoms with Crippen molar-refractivity contribution in [2.24, 2.45) is 5.16 Å². The number of oxime groups is 1. The molecule has 1 N–H and O–H groups in total. The fraction of sp³-hybridized carbons (Fsp3) is 0.0870. The highest BCUT2D eigenvalue weighted by Gasteiger charge is 2.22. The molecule has 29 heavy (non-hydrogen) atoms. The number of nitrogens with zero attached hydrogens (tertiary/aromatic N) is 2. The molecular weight excluding hydrogens is 368 g/mol. The first kappa shape index (κ1) is 19.8. The predicted molar refractivity (Wildman–Crippen MR) is 111 cm³/mol. The van der Waals surface area contributed by atoms with Gasteiger partial charge in [-0.25, -0.2) is 4.79 Å². The molecule has 0 heterocycles. The molecule has 3 rings (SSSR count). The number of carboxylic acid groups (broad SMARTS) is 1. The van der Waals surface area contributed by atoms with Crippen LogP contribution in [0.5, 0.6) is 0 Å². The first-order valence-electron chi connectivity index (χ1n) is 9.02. The highest BCUT2D eigenvalue weighted by molar-refractivity contribution is 6.02. The summed E-state index contributed by atoms with van der Waals surface area (Å²) >= 11 is 0. The van der Waals surface area contributed by atoms with Gasteiger partial charge in [0.15, 0.2) is 6.61 Å². The Morgan fingerprint density at radius 2 is 1.52 bits per heavy atom. The van der Waals surface area contributed by atoms with E-state index in [0.717, 1.165) is 11.1 Å². The summed E-state index contributed by atoms with van der Waals surface area (Å²) in [5, 5.41) is 13.3. The Kier molecular flexibility index (Phi) is 6.73. The molecule has 146 valence electrons. The highest BCUT2D eigenvalue weighted by atomic mass is 16.6. The van der Waals surface area contributed by atoms with Gasteiger partial charge in [-0.15, -0.1) is 0 Å². The molecule has 3 aromatic rings. The van der Waals surface area contributed by atoms with E-state index in [1.54, 1.807) is 18.2 Å². The van der Waals surface area contributed by atoms with Crippen molar-refractivity contribution in [1.82, 2.24) is 0 Å². The molecule has 0 aliphatic heterocycles. The number of carbonyl (C=O) groups is 2. The Labute approximate surface area is 168 Å². The minimum absolute atomic E-state index is 0.0459. The number of anilines is 1. The topological polar surface area (TPSA) is 79.2 Å². The number of hydrogen-bond acceptors (Lipinski definition) is 4. The summed E-state index contributed by atoms with van der Waals surface area (Å²) < 4.78 is 0. The lowest BCUT2D eigenvalue weighted by atomic mass is 10.1. The standard InChI is InChI=1S/C23H20N2O4/c26-22(17-29-24-15-18-9-3-1-4-10-18)25(16-19-11-5-2-6-12-19)21-14-8-7-13-20(21)23(27)28/h1-15H,16-17H2,(H,27,28)/b24-15-. The lowest BCUT2D eigenvalue weighted by molar-refractivity contribution is -0.123. The van der Waals surface area contributed by atoms with Crippen LogP contribution in [0.1, 0.15) is 21.5 Å². The first-order chi connectivity index (χ1) is 14.1. The van der Waals surface area contributed by atoms with Gasteiger partial charge in [-0.1, -0.05) is 78.0 Å². The molecule has 0 bridgehead atoms. The minimum Gasteiger partial charge on any atom is -0.478 e. The maximum atomic E-state index is 12.9. The number of rotatable bonds is 8. The maximum Gasteiger partial charge on any atom is 0.337 e. The molecule has 0 unspecified atom stereocenters. The SMILES string of the molecule is O=C(O)c1ccccc1N(Cc1ccccc1)C(=O)CO/N=C\c1ccccc1. The van der Waals surface area contributed by atoms with Crippen molar-refractivity contribution >= 4 is 23.8 Å². The van der Waals surface area contributed by atoms with E-state index in [1.165, 1.54) is 17.2 Å². The van der Waals surface area contributed by atoms with Gasteiger partial charge in [-0.2, -0.15) is 0 Å². The van der Waals surface area contributed by atoms with Gasteiger partial charge in [-0.3, -0.25) is 4.79 Å². The van der Waals surface area contributed by atoms with Crippen LogP contribution in [-0.2, 0) is 16.2 Å². The van der Waals surface area contributed by atoms with E-state index in [4.69, 9.17) is 4.84 Å². The molecule has 0 aliphatic carbocycles. The molecular formula is C23H20N2O4. The predicted octanol–water partition coefficient (Wildman–Crippen LogP) is 3.97. The fourth-order valence-corrected chi connectivity index (χ4v) is 2.77. The largest absolute Gasteiger partial charge is 0.478 e. The van der Waals surface area contributed by atoms with Crippen molar-refractivity contribution in [3.05, 3.63) is 102 Å². The Hall–Kier alpha value is -3.93. The second-order valence-electron chi connectivity index (χ2n) is 6.21. The normalized spacial score (nSPS) is 10.6. The van der Waals surface area contributed by atoms with Crippen LogP contribution in [0.2, 0.25) is 0 Å². The minimum atomic E-state index is -1.10. The molecule has 0 saturated carbocycles. The summed E-state index contributed by atoms with van der Waals surface area (Å²) in [6.45, 7) is -0.0974. The van der Waals surface area contributed by atoms with Gasteiger partial charge in [0.05, 0.1) is 24.0 Å². The van der Waals surface area contributed by atoms with Crippen LogP contribution in [0.4, 0.5) is 5.69 Å². The first-order valence-corrected chi connectivity index (χ1v) is 9.02. The molecule has 0 spiro atoms. The third kappa shape index (κ3) is 5.52. The monoisotopic (exact) mass is 388 g/mol. The summed E-state index contributed by atoms with van der Waals surface area (Å²) in [7, 11) is 0. The van der Waals surface area contributed by atoms with Crippen LogP contribution in [0.25, 0.3) is 0 Å². The summed E-state index contributed by atoms with van der Waals surface area (Å²) in [6, 6.07) is 25.1. The number of carbonyl (C=O) groups excluding carboxylic acids is 1. The average molecular weight is 388 g/mol. The summed E-state index contributed by atoms with van der Waals surface area (Å²) in [5.74, 6) is -1.50. The van der Waals surface area contributed by atoms with Crippen molar-refractivity contribution in [2.75, 3.05) is 11.5 Å². The quantitative estimate of drug-likeness (QED) is 0.468. The van der Waals surface area contributed by atoms with Crippen LogP contribution in [0.3, 0.4) is 0 Å². The zero-order valence-corrected chi connectivity index (χ0v) is 15.6. The molecule has 0 aromatic heterocycles. The van der Waals surface area contributed by atoms with Crippen LogP contribution in [-0.4, -0.2) is 29.8 Å². The van der Waals surface area contributed by atoms with Gasteiger partial charge < -0.3 is 14.8 Å². The summed E-state index contributed by atoms with van der Waals surface area (Å²) in [5.41, 5.74) is 2.07. The summed E-state index contributed by atoms with van der Waals surface area (Å²) in [6.07, 6.45) is 1.51. The average Bonchev–Trinajstić information content (AvgIpc) is 2.76. The summed E-state index contributed by atoms with van der Waals surface area (Å²) in [4.78, 5) is 31.1. The Balaban J connectivity index is 1.78. The molecule has 0 fully saturated rings. The number of aromatic carboxylic acids is 1. The van der Waals surface area contributed by atoms with Crippen molar-refractivity contribution in [3.8, 4) is 0 Å². The molecule has 1 amide bonds. The molecule has 3 aromatic carbocycles. The van der Waals surface area contributed by atoms with Gasteiger partial charge in [-0.05, 0) is 23.3 Å². The number of hydrogen-bond donors (Lipinski definition) is 1. The van der Waals surface area contributed by atoms with Crippen molar-refractivity contribution in [1.29, 1.82) is 0 Å². The molecule has 6 heteroatoms. The number of carboxylic acids is 1. The molecule has 0 radical (unpaired) electrons. The van der Waals surface area contributed by atoms with E-state index in [-0.39, 0.29) is 18.7 Å². The molecule has 0 saturated heterocycles. The van der Waals surface area contributed by atoms with E-state index >= 15 is 0 Å². The highest BCUT2D eigenvalue weighted by Crippen LogP contribution is 2.23. The lowest BCUT2D eigenvalue weighted by Gasteiger charge is -2.24. The van der Waals surface area contributed by atoms with E-state index in [0.29, 0.717) is 5.69 Å². The fourth-order valence-electron chi connectivity index (χ4n) is 2.77. The van der Waals surface area contributed by atoms with Crippen molar-refractivity contribution < 1.29 is 19.5 Å². The zero-order valence-electron chi connectivity index (χ0n) is 15.6. The van der Waals surface area contributed by atoms with E-state index < -0.39 is 11.9 Å². The van der Waals surface area contributed by atoms with Crippen molar-refractivity contribution in [2.45, 2.75) is 6.54 Å². The van der Waals surface area contributed by atoms with Crippen molar-refractivity contribution in [3.63, 3.8) is 0 Å². The smallest absolute Gasteiger partial charge is 0.337 e. The lowest BCUT2D eigenvalue weighted by Crippen LogP contribution is -2.34. The molecule has 6 nitrogen and oxygen atoms in total. The maximum absolute atomic E-state index is 12.9. The van der Waals surface area contributed by atoms with E-state index in [2.05, 4.69) is 5.16 Å². The third-order valence-electron chi connectivity index (χ3n) is 4.17. The second kappa shape index (κ2) is 9.85. The van der Waals surface area contributed by atoms with Gasteiger partial charge in [0, 0.05) is 0 Å². The van der Waals surface area contributed by atoms with E-state index in [1.807, 2.05) is 60.7 Å². The van der Waals surface area contributed by atoms with Gasteiger partial charge in [0.1, 0.15) is 0 Å². The molecule has 0 aliphatic rings. The van der Waals surface area contributed by atoms with Crippen LogP contribution in [0, 0.1) is 0 Å². The van der Waals surface area contributed by atoms with Crippen LogP contribution in [0.15, 0.2) is 90.1 Å². The van der Waals surface area contributed by atoms with Crippen LogP contribution < -0.4 is 4.90 Å². The van der Waals surface area contributed by atoms with Gasteiger partial charge in [0.2, 0.25) is 0 Å².